The highest BCUT2D eigenvalue weighted by Gasteiger charge is 2.32. The van der Waals surface area contributed by atoms with E-state index in [0.717, 1.165) is 4.42 Å². The maximum absolute atomic E-state index is 13.2. The molecule has 0 bridgehead atoms. The van der Waals surface area contributed by atoms with Crippen LogP contribution >= 0.6 is 23.4 Å². The summed E-state index contributed by atoms with van der Waals surface area (Å²) in [6, 6.07) is 6.58. The first-order valence-electron chi connectivity index (χ1n) is 10.0. The Bertz CT molecular complexity index is 1010. The van der Waals surface area contributed by atoms with Crippen LogP contribution in [0.2, 0.25) is 5.02 Å². The largest absolute Gasteiger partial charge is 0.495 e. The Hall–Kier alpha value is -3.04. The van der Waals surface area contributed by atoms with Gasteiger partial charge in [0.2, 0.25) is 6.04 Å². The molecule has 1 amide bonds. The number of Topliss-reactive ketones (excluding diaryl/α,β-unsaturated/α-hetero) is 1. The Morgan fingerprint density at radius 1 is 0.970 bits per heavy atom. The fourth-order valence-electron chi connectivity index (χ4n) is 2.82. The van der Waals surface area contributed by atoms with Gasteiger partial charge in [0.15, 0.2) is 5.78 Å². The zero-order valence-corrected chi connectivity index (χ0v) is 20.4. The molecular formula is C22H25Cl2N3O6. The van der Waals surface area contributed by atoms with Crippen LogP contribution in [0.4, 0.5) is 11.4 Å². The van der Waals surface area contributed by atoms with Crippen molar-refractivity contribution < 1.29 is 28.5 Å². The van der Waals surface area contributed by atoms with Gasteiger partial charge in [-0.05, 0) is 45.0 Å². The minimum absolute atomic E-state index is 0.100. The molecule has 0 spiro atoms. The third-order valence-electron chi connectivity index (χ3n) is 4.33. The predicted octanol–water partition coefficient (Wildman–Crippen LogP) is 5.38. The molecule has 1 atom stereocenters. The van der Waals surface area contributed by atoms with E-state index in [4.69, 9.17) is 42.3 Å². The van der Waals surface area contributed by atoms with Gasteiger partial charge in [0, 0.05) is 11.8 Å². The van der Waals surface area contributed by atoms with E-state index < -0.39 is 17.7 Å². The number of rotatable bonds is 11. The number of amides is 1. The van der Waals surface area contributed by atoms with Gasteiger partial charge in [-0.25, -0.2) is 4.42 Å². The maximum atomic E-state index is 13.2. The van der Waals surface area contributed by atoms with Crippen LogP contribution in [0.5, 0.6) is 23.0 Å². The monoisotopic (exact) mass is 497 g/mol. The smallest absolute Gasteiger partial charge is 0.276 e. The highest BCUT2D eigenvalue weighted by atomic mass is 35.5. The number of hydrogen-bond donors (Lipinski definition) is 0. The minimum atomic E-state index is -1.56. The fraction of sp³-hybridized carbons (Fsp3) is 0.364. The lowest BCUT2D eigenvalue weighted by Crippen LogP contribution is -2.36. The summed E-state index contributed by atoms with van der Waals surface area (Å²) in [6.07, 6.45) is 0. The number of anilines is 1. The summed E-state index contributed by atoms with van der Waals surface area (Å²) in [7, 11) is 2.86. The predicted molar refractivity (Wildman–Crippen MR) is 126 cm³/mol. The molecule has 0 saturated carbocycles. The second kappa shape index (κ2) is 12.3. The van der Waals surface area contributed by atoms with Crippen LogP contribution in [0.25, 0.3) is 0 Å². The zero-order valence-electron chi connectivity index (χ0n) is 18.9. The topological polar surface area (TPSA) is 99.0 Å². The number of ether oxygens (including phenoxy) is 4. The Balaban J connectivity index is 2.48. The molecule has 2 aromatic rings. The number of methoxy groups -OCH3 is 2. The van der Waals surface area contributed by atoms with Gasteiger partial charge >= 0.3 is 0 Å². The number of benzene rings is 2. The van der Waals surface area contributed by atoms with E-state index >= 15 is 0 Å². The van der Waals surface area contributed by atoms with Gasteiger partial charge in [0.05, 0.1) is 27.4 Å². The summed E-state index contributed by atoms with van der Waals surface area (Å²) < 4.78 is 22.4. The number of nitrogens with zero attached hydrogens (tertiary/aromatic N) is 3. The van der Waals surface area contributed by atoms with Crippen LogP contribution in [0.15, 0.2) is 40.6 Å². The summed E-state index contributed by atoms with van der Waals surface area (Å²) in [4.78, 5) is 25.5. The summed E-state index contributed by atoms with van der Waals surface area (Å²) in [5, 5.41) is 8.06. The maximum Gasteiger partial charge on any atom is 0.276 e. The standard InChI is InChI=1S/C22H25Cl2N3O6/c1-6-32-16-9-8-10-17(33-7-2)21(16)27(24)22(29)19(13(3)28)25-26-20-15(31-5)12-11-14(30-4)18(20)23/h8-12,19H,6-7H2,1-5H3. The van der Waals surface area contributed by atoms with Crippen LogP contribution in [0.1, 0.15) is 20.8 Å². The highest BCUT2D eigenvalue weighted by Crippen LogP contribution is 2.42. The molecule has 0 aliphatic rings. The van der Waals surface area contributed by atoms with Crippen molar-refractivity contribution in [3.8, 4) is 23.0 Å². The second-order valence-electron chi connectivity index (χ2n) is 6.45. The quantitative estimate of drug-likeness (QED) is 0.234. The second-order valence-corrected chi connectivity index (χ2v) is 7.17. The molecule has 33 heavy (non-hydrogen) atoms. The first kappa shape index (κ1) is 26.2. The number of azo groups is 1. The summed E-state index contributed by atoms with van der Waals surface area (Å²) in [5.41, 5.74) is 0.259. The minimum Gasteiger partial charge on any atom is -0.495 e. The van der Waals surface area contributed by atoms with Crippen LogP contribution in [0, 0.1) is 0 Å². The van der Waals surface area contributed by atoms with Gasteiger partial charge < -0.3 is 18.9 Å². The van der Waals surface area contributed by atoms with Crippen LogP contribution in [-0.4, -0.2) is 45.2 Å². The van der Waals surface area contributed by atoms with E-state index in [2.05, 4.69) is 10.2 Å². The lowest BCUT2D eigenvalue weighted by atomic mass is 10.2. The molecule has 0 saturated heterocycles. The Morgan fingerprint density at radius 2 is 1.52 bits per heavy atom. The average Bonchev–Trinajstić information content (AvgIpc) is 2.79. The van der Waals surface area contributed by atoms with E-state index in [1.807, 2.05) is 0 Å². The van der Waals surface area contributed by atoms with Crippen molar-refractivity contribution >= 4 is 46.4 Å². The molecule has 0 fully saturated rings. The Kier molecular flexibility index (Phi) is 9.74. The first-order chi connectivity index (χ1) is 15.8. The molecule has 0 N–H and O–H groups in total. The molecule has 2 rings (SSSR count). The van der Waals surface area contributed by atoms with E-state index in [1.54, 1.807) is 44.2 Å². The number of carbonyl (C=O) groups is 2. The number of hydrogen-bond acceptors (Lipinski definition) is 8. The Morgan fingerprint density at radius 3 is 2.00 bits per heavy atom. The molecule has 178 valence electrons. The highest BCUT2D eigenvalue weighted by molar-refractivity contribution is 6.40. The molecule has 0 heterocycles. The first-order valence-corrected chi connectivity index (χ1v) is 10.7. The molecule has 11 heteroatoms. The summed E-state index contributed by atoms with van der Waals surface area (Å²) >= 11 is 12.7. The molecule has 0 aliphatic heterocycles. The third kappa shape index (κ3) is 6.06. The molecule has 9 nitrogen and oxygen atoms in total. The molecular weight excluding hydrogens is 473 g/mol. The van der Waals surface area contributed by atoms with Gasteiger partial charge in [0.1, 0.15) is 39.4 Å². The lowest BCUT2D eigenvalue weighted by molar-refractivity contribution is -0.126. The van der Waals surface area contributed by atoms with Gasteiger partial charge in [-0.3, -0.25) is 9.59 Å². The van der Waals surface area contributed by atoms with Crippen molar-refractivity contribution in [2.24, 2.45) is 10.2 Å². The summed E-state index contributed by atoms with van der Waals surface area (Å²) in [5.74, 6) is -0.212. The van der Waals surface area contributed by atoms with Gasteiger partial charge in [-0.1, -0.05) is 17.7 Å². The summed E-state index contributed by atoms with van der Waals surface area (Å²) in [6.45, 7) is 5.43. The molecule has 0 aromatic heterocycles. The number of para-hydroxylation sites is 1. The fourth-order valence-corrected chi connectivity index (χ4v) is 3.35. The number of ketones is 1. The molecule has 1 unspecified atom stereocenters. The van der Waals surface area contributed by atoms with Crippen molar-refractivity contribution in [2.75, 3.05) is 31.9 Å². The normalized spacial score (nSPS) is 11.7. The molecule has 0 radical (unpaired) electrons. The number of halogens is 2. The van der Waals surface area contributed by atoms with E-state index in [1.165, 1.54) is 21.1 Å². The van der Waals surface area contributed by atoms with Gasteiger partial charge in [-0.15, -0.1) is 5.11 Å². The number of carbonyl (C=O) groups excluding carboxylic acids is 2. The molecule has 2 aromatic carbocycles. The molecule has 0 aliphatic carbocycles. The van der Waals surface area contributed by atoms with Crippen LogP contribution in [-0.2, 0) is 9.59 Å². The van der Waals surface area contributed by atoms with E-state index in [9.17, 15) is 9.59 Å². The lowest BCUT2D eigenvalue weighted by Gasteiger charge is -2.22. The van der Waals surface area contributed by atoms with Crippen LogP contribution < -0.4 is 23.4 Å². The van der Waals surface area contributed by atoms with Crippen molar-refractivity contribution in [2.45, 2.75) is 26.8 Å². The Labute approximate surface area is 202 Å². The average molecular weight is 498 g/mol. The zero-order chi connectivity index (χ0) is 24.5. The van der Waals surface area contributed by atoms with E-state index in [0.29, 0.717) is 30.5 Å². The third-order valence-corrected chi connectivity index (χ3v) is 5.03. The van der Waals surface area contributed by atoms with Crippen molar-refractivity contribution in [1.82, 2.24) is 0 Å². The van der Waals surface area contributed by atoms with Crippen molar-refractivity contribution in [1.29, 1.82) is 0 Å². The van der Waals surface area contributed by atoms with Crippen molar-refractivity contribution in [3.05, 3.63) is 35.4 Å². The van der Waals surface area contributed by atoms with Crippen molar-refractivity contribution in [3.63, 3.8) is 0 Å². The van der Waals surface area contributed by atoms with Crippen LogP contribution in [0.3, 0.4) is 0 Å². The van der Waals surface area contributed by atoms with Gasteiger partial charge in [0.25, 0.3) is 5.91 Å². The van der Waals surface area contributed by atoms with Gasteiger partial charge in [-0.2, -0.15) is 5.11 Å². The SMILES string of the molecule is CCOc1cccc(OCC)c1N(Cl)C(=O)C(N=Nc1c(OC)ccc(OC)c1Cl)C(C)=O. The van der Waals surface area contributed by atoms with E-state index in [-0.39, 0.29) is 22.1 Å².